The van der Waals surface area contributed by atoms with E-state index in [9.17, 15) is 23.3 Å². The van der Waals surface area contributed by atoms with Crippen molar-refractivity contribution in [2.45, 2.75) is 26.4 Å². The first-order chi connectivity index (χ1) is 12.2. The summed E-state index contributed by atoms with van der Waals surface area (Å²) in [6.45, 7) is 4.00. The number of hydrazone groups is 1. The number of alkyl halides is 3. The molecule has 0 fully saturated rings. The van der Waals surface area contributed by atoms with Crippen molar-refractivity contribution in [3.05, 3.63) is 69.8 Å². The van der Waals surface area contributed by atoms with E-state index in [4.69, 9.17) is 0 Å². The molecule has 0 atom stereocenters. The van der Waals surface area contributed by atoms with Crippen molar-refractivity contribution in [1.29, 1.82) is 0 Å². The third-order valence-corrected chi connectivity index (χ3v) is 3.54. The molecular weight excluding hydrogens is 347 g/mol. The maximum atomic E-state index is 12.8. The molecule has 2 aromatic carbocycles. The summed E-state index contributed by atoms with van der Waals surface area (Å²) in [7, 11) is 0. The molecule has 26 heavy (non-hydrogen) atoms. The molecule has 0 saturated heterocycles. The second-order valence-corrected chi connectivity index (χ2v) is 6.12. The smallest absolute Gasteiger partial charge is 0.271 e. The number of hydrogen-bond donors (Lipinski definition) is 1. The van der Waals surface area contributed by atoms with Crippen LogP contribution in [-0.2, 0) is 6.18 Å². The van der Waals surface area contributed by atoms with Crippen LogP contribution in [0.3, 0.4) is 0 Å². The lowest BCUT2D eigenvalue weighted by Gasteiger charge is -2.11. The largest absolute Gasteiger partial charge is 0.416 e. The number of nitro groups is 1. The van der Waals surface area contributed by atoms with Crippen LogP contribution in [0.25, 0.3) is 0 Å². The molecule has 0 unspecified atom stereocenters. The SMILES string of the molecule is CC(C)C/C(=N/Nc1ccc(C(F)(F)F)cc1[N+](=O)[O-])c1ccccc1. The zero-order chi connectivity index (χ0) is 19.3. The molecule has 0 radical (unpaired) electrons. The van der Waals surface area contributed by atoms with Gasteiger partial charge in [0.15, 0.2) is 0 Å². The Balaban J connectivity index is 2.38. The highest BCUT2D eigenvalue weighted by Gasteiger charge is 2.33. The van der Waals surface area contributed by atoms with E-state index >= 15 is 0 Å². The molecule has 0 saturated carbocycles. The summed E-state index contributed by atoms with van der Waals surface area (Å²) in [6.07, 6.45) is -4.05. The van der Waals surface area contributed by atoms with Crippen LogP contribution in [0.2, 0.25) is 0 Å². The van der Waals surface area contributed by atoms with Gasteiger partial charge in [0.05, 0.1) is 16.2 Å². The number of halogens is 3. The van der Waals surface area contributed by atoms with Crippen LogP contribution in [0.5, 0.6) is 0 Å². The number of anilines is 1. The molecular formula is C18H18F3N3O2. The van der Waals surface area contributed by atoms with Gasteiger partial charge in [0.25, 0.3) is 5.69 Å². The number of nitro benzene ring substituents is 1. The normalized spacial score (nSPS) is 12.3. The number of rotatable bonds is 6. The lowest BCUT2D eigenvalue weighted by Crippen LogP contribution is -2.10. The monoisotopic (exact) mass is 365 g/mol. The lowest BCUT2D eigenvalue weighted by molar-refractivity contribution is -0.384. The molecule has 0 spiro atoms. The summed E-state index contributed by atoms with van der Waals surface area (Å²) in [5.74, 6) is 0.276. The van der Waals surface area contributed by atoms with Gasteiger partial charge in [-0.2, -0.15) is 18.3 Å². The minimum Gasteiger partial charge on any atom is -0.271 e. The fourth-order valence-electron chi connectivity index (χ4n) is 2.33. The molecule has 0 aliphatic heterocycles. The summed E-state index contributed by atoms with van der Waals surface area (Å²) >= 11 is 0. The highest BCUT2D eigenvalue weighted by atomic mass is 19.4. The molecule has 0 aliphatic rings. The Hall–Kier alpha value is -2.90. The van der Waals surface area contributed by atoms with E-state index in [0.29, 0.717) is 18.2 Å². The first kappa shape index (κ1) is 19.4. The van der Waals surface area contributed by atoms with Crippen molar-refractivity contribution >= 4 is 17.1 Å². The number of benzene rings is 2. The van der Waals surface area contributed by atoms with Crippen molar-refractivity contribution in [2.24, 2.45) is 11.0 Å². The van der Waals surface area contributed by atoms with Gasteiger partial charge in [-0.15, -0.1) is 0 Å². The first-order valence-corrected chi connectivity index (χ1v) is 7.92. The molecule has 8 heteroatoms. The molecule has 0 aliphatic carbocycles. The minimum absolute atomic E-state index is 0.0970. The number of nitrogens with one attached hydrogen (secondary N) is 1. The van der Waals surface area contributed by atoms with Crippen LogP contribution in [0.15, 0.2) is 53.6 Å². The van der Waals surface area contributed by atoms with Gasteiger partial charge < -0.3 is 0 Å². The summed E-state index contributed by atoms with van der Waals surface area (Å²) in [6, 6.07) is 11.5. The zero-order valence-corrected chi connectivity index (χ0v) is 14.2. The Bertz CT molecular complexity index is 803. The second-order valence-electron chi connectivity index (χ2n) is 6.12. The minimum atomic E-state index is -4.65. The summed E-state index contributed by atoms with van der Waals surface area (Å²) in [4.78, 5) is 10.3. The van der Waals surface area contributed by atoms with Crippen LogP contribution in [0.1, 0.15) is 31.4 Å². The molecule has 138 valence electrons. The highest BCUT2D eigenvalue weighted by molar-refractivity contribution is 6.01. The van der Waals surface area contributed by atoms with E-state index in [-0.39, 0.29) is 11.6 Å². The molecule has 0 bridgehead atoms. The average molecular weight is 365 g/mol. The van der Waals surface area contributed by atoms with Gasteiger partial charge in [-0.25, -0.2) is 0 Å². The van der Waals surface area contributed by atoms with Gasteiger partial charge in [-0.1, -0.05) is 44.2 Å². The molecule has 5 nitrogen and oxygen atoms in total. The maximum absolute atomic E-state index is 12.8. The molecule has 0 heterocycles. The van der Waals surface area contributed by atoms with Crippen LogP contribution in [0.4, 0.5) is 24.5 Å². The van der Waals surface area contributed by atoms with Crippen molar-refractivity contribution in [3.8, 4) is 0 Å². The van der Waals surface area contributed by atoms with Crippen molar-refractivity contribution in [3.63, 3.8) is 0 Å². The second kappa shape index (κ2) is 7.99. The maximum Gasteiger partial charge on any atom is 0.416 e. The Morgan fingerprint density at radius 3 is 2.38 bits per heavy atom. The van der Waals surface area contributed by atoms with E-state index in [1.807, 2.05) is 44.2 Å². The molecule has 2 rings (SSSR count). The van der Waals surface area contributed by atoms with Gasteiger partial charge in [-0.05, 0) is 30.0 Å². The Kier molecular flexibility index (Phi) is 5.97. The Morgan fingerprint density at radius 1 is 1.19 bits per heavy atom. The van der Waals surface area contributed by atoms with Gasteiger partial charge in [-0.3, -0.25) is 15.5 Å². The first-order valence-electron chi connectivity index (χ1n) is 7.92. The molecule has 0 aromatic heterocycles. The Labute approximate surface area is 148 Å². The van der Waals surface area contributed by atoms with Crippen LogP contribution in [0, 0.1) is 16.0 Å². The van der Waals surface area contributed by atoms with Gasteiger partial charge >= 0.3 is 6.18 Å². The summed E-state index contributed by atoms with van der Waals surface area (Å²) < 4.78 is 38.3. The standard InChI is InChI=1S/C18H18F3N3O2/c1-12(2)10-16(13-6-4-3-5-7-13)23-22-15-9-8-14(18(19,20)21)11-17(15)24(25)26/h3-9,11-12,22H,10H2,1-2H3/b23-16-. The number of nitrogens with zero attached hydrogens (tertiary/aromatic N) is 2. The van der Waals surface area contributed by atoms with E-state index in [1.165, 1.54) is 0 Å². The Morgan fingerprint density at radius 2 is 1.85 bits per heavy atom. The van der Waals surface area contributed by atoms with Crippen LogP contribution >= 0.6 is 0 Å². The highest BCUT2D eigenvalue weighted by Crippen LogP contribution is 2.35. The summed E-state index contributed by atoms with van der Waals surface area (Å²) in [5, 5.41) is 15.4. The van der Waals surface area contributed by atoms with Crippen LogP contribution in [-0.4, -0.2) is 10.6 Å². The molecule has 1 N–H and O–H groups in total. The van der Waals surface area contributed by atoms with Gasteiger partial charge in [0.1, 0.15) is 5.69 Å². The predicted molar refractivity (Wildman–Crippen MR) is 94.2 cm³/mol. The van der Waals surface area contributed by atoms with E-state index < -0.39 is 22.4 Å². The van der Waals surface area contributed by atoms with Crippen molar-refractivity contribution in [1.82, 2.24) is 0 Å². The fraction of sp³-hybridized carbons (Fsp3) is 0.278. The zero-order valence-electron chi connectivity index (χ0n) is 14.2. The van der Waals surface area contributed by atoms with E-state index in [1.54, 1.807) is 0 Å². The lowest BCUT2D eigenvalue weighted by atomic mass is 10.0. The van der Waals surface area contributed by atoms with E-state index in [2.05, 4.69) is 10.5 Å². The van der Waals surface area contributed by atoms with Crippen molar-refractivity contribution in [2.75, 3.05) is 5.43 Å². The molecule has 2 aromatic rings. The summed E-state index contributed by atoms with van der Waals surface area (Å²) in [5.41, 5.74) is 2.20. The van der Waals surface area contributed by atoms with Gasteiger partial charge in [0.2, 0.25) is 0 Å². The van der Waals surface area contributed by atoms with E-state index in [0.717, 1.165) is 17.7 Å². The third-order valence-electron chi connectivity index (χ3n) is 3.54. The molecule has 0 amide bonds. The third kappa shape index (κ3) is 5.05. The van der Waals surface area contributed by atoms with Gasteiger partial charge in [0, 0.05) is 6.07 Å². The van der Waals surface area contributed by atoms with Crippen molar-refractivity contribution < 1.29 is 18.1 Å². The average Bonchev–Trinajstić information content (AvgIpc) is 2.58. The van der Waals surface area contributed by atoms with Crippen LogP contribution < -0.4 is 5.43 Å². The topological polar surface area (TPSA) is 67.5 Å². The predicted octanol–water partition coefficient (Wildman–Crippen LogP) is 5.48. The fourth-order valence-corrected chi connectivity index (χ4v) is 2.33. The number of hydrogen-bond acceptors (Lipinski definition) is 4. The quantitative estimate of drug-likeness (QED) is 0.419.